The largest absolute Gasteiger partial charge is 0.493 e. The van der Waals surface area contributed by atoms with Crippen LogP contribution in [0.3, 0.4) is 0 Å². The maximum absolute atomic E-state index is 5.79. The van der Waals surface area contributed by atoms with Crippen LogP contribution in [0, 0.1) is 6.07 Å². The summed E-state index contributed by atoms with van der Waals surface area (Å²) in [4.78, 5) is 0. The van der Waals surface area contributed by atoms with Crippen molar-refractivity contribution < 1.29 is 14.2 Å². The molecule has 0 aliphatic heterocycles. The van der Waals surface area contributed by atoms with E-state index < -0.39 is 0 Å². The third-order valence-electron chi connectivity index (χ3n) is 3.10. The minimum absolute atomic E-state index is 0.675. The molecular formula is C18H29O3. The zero-order valence-corrected chi connectivity index (χ0v) is 13.7. The van der Waals surface area contributed by atoms with E-state index in [1.165, 1.54) is 0 Å². The summed E-state index contributed by atoms with van der Waals surface area (Å²) in [5.74, 6) is 2.17. The van der Waals surface area contributed by atoms with E-state index in [0.29, 0.717) is 19.0 Å². The molecule has 3 nitrogen and oxygen atoms in total. The lowest BCUT2D eigenvalue weighted by atomic mass is 10.3. The van der Waals surface area contributed by atoms with E-state index in [0.717, 1.165) is 56.6 Å². The van der Waals surface area contributed by atoms with E-state index in [4.69, 9.17) is 14.2 Å². The van der Waals surface area contributed by atoms with Gasteiger partial charge in [0.1, 0.15) is 5.75 Å². The Morgan fingerprint density at radius 2 is 1.33 bits per heavy atom. The Kier molecular flexibility index (Phi) is 9.51. The minimum Gasteiger partial charge on any atom is -0.493 e. The third kappa shape index (κ3) is 7.26. The van der Waals surface area contributed by atoms with Gasteiger partial charge < -0.3 is 14.2 Å². The predicted octanol–water partition coefficient (Wildman–Crippen LogP) is 5.02. The van der Waals surface area contributed by atoms with E-state index in [1.807, 2.05) is 12.1 Å². The van der Waals surface area contributed by atoms with Gasteiger partial charge in [-0.1, -0.05) is 40.0 Å². The van der Waals surface area contributed by atoms with Crippen LogP contribution in [0.1, 0.15) is 59.3 Å². The standard InChI is InChI=1S/C18H29O3/c1-4-7-12-19-16-10-11-17(20-13-8-5-2)18(15-16)21-14-9-6-3/h10-11H,4-9,12-14H2,1-3H3. The molecule has 0 unspecified atom stereocenters. The van der Waals surface area contributed by atoms with Gasteiger partial charge >= 0.3 is 0 Å². The second kappa shape index (κ2) is 11.3. The summed E-state index contributed by atoms with van der Waals surface area (Å²) < 4.78 is 17.3. The van der Waals surface area contributed by atoms with Crippen molar-refractivity contribution in [3.8, 4) is 17.2 Å². The molecular weight excluding hydrogens is 264 g/mol. The Morgan fingerprint density at radius 3 is 1.95 bits per heavy atom. The highest BCUT2D eigenvalue weighted by Gasteiger charge is 2.08. The summed E-state index contributed by atoms with van der Waals surface area (Å²) in [5, 5.41) is 0. The number of hydrogen-bond acceptors (Lipinski definition) is 3. The van der Waals surface area contributed by atoms with Crippen molar-refractivity contribution in [3.63, 3.8) is 0 Å². The Balaban J connectivity index is 2.65. The van der Waals surface area contributed by atoms with E-state index in [-0.39, 0.29) is 0 Å². The molecule has 0 heterocycles. The number of benzene rings is 1. The monoisotopic (exact) mass is 293 g/mol. The fourth-order valence-corrected chi connectivity index (χ4v) is 1.72. The highest BCUT2D eigenvalue weighted by Crippen LogP contribution is 2.31. The molecule has 119 valence electrons. The predicted molar refractivity (Wildman–Crippen MR) is 86.5 cm³/mol. The van der Waals surface area contributed by atoms with Gasteiger partial charge in [0.15, 0.2) is 11.5 Å². The Hall–Kier alpha value is -1.38. The van der Waals surface area contributed by atoms with Crippen molar-refractivity contribution in [1.82, 2.24) is 0 Å². The molecule has 0 fully saturated rings. The van der Waals surface area contributed by atoms with Crippen LogP contribution in [0.4, 0.5) is 0 Å². The second-order valence-corrected chi connectivity index (χ2v) is 5.12. The first-order valence-electron chi connectivity index (χ1n) is 8.26. The molecule has 0 spiro atoms. The normalized spacial score (nSPS) is 10.4. The Morgan fingerprint density at radius 1 is 0.762 bits per heavy atom. The molecule has 0 saturated carbocycles. The van der Waals surface area contributed by atoms with Gasteiger partial charge in [0, 0.05) is 0 Å². The highest BCUT2D eigenvalue weighted by molar-refractivity contribution is 5.44. The lowest BCUT2D eigenvalue weighted by Crippen LogP contribution is -2.03. The molecule has 1 aromatic carbocycles. The van der Waals surface area contributed by atoms with E-state index in [9.17, 15) is 0 Å². The van der Waals surface area contributed by atoms with Crippen LogP contribution in [-0.2, 0) is 0 Å². The molecule has 0 N–H and O–H groups in total. The average molecular weight is 293 g/mol. The zero-order valence-electron chi connectivity index (χ0n) is 13.7. The molecule has 0 saturated heterocycles. The minimum atomic E-state index is 0.675. The molecule has 3 heteroatoms. The quantitative estimate of drug-likeness (QED) is 0.506. The molecule has 0 aliphatic rings. The lowest BCUT2D eigenvalue weighted by molar-refractivity contribution is 0.257. The average Bonchev–Trinajstić information content (AvgIpc) is 2.50. The first-order chi connectivity index (χ1) is 10.3. The lowest BCUT2D eigenvalue weighted by Gasteiger charge is -2.14. The van der Waals surface area contributed by atoms with Crippen LogP contribution in [0.5, 0.6) is 17.2 Å². The summed E-state index contributed by atoms with van der Waals surface area (Å²) in [6.45, 7) is 8.57. The smallest absolute Gasteiger partial charge is 0.172 e. The first-order valence-corrected chi connectivity index (χ1v) is 8.26. The van der Waals surface area contributed by atoms with Crippen molar-refractivity contribution in [2.24, 2.45) is 0 Å². The van der Waals surface area contributed by atoms with Crippen LogP contribution in [0.15, 0.2) is 12.1 Å². The van der Waals surface area contributed by atoms with Gasteiger partial charge in [0.25, 0.3) is 0 Å². The summed E-state index contributed by atoms with van der Waals surface area (Å²) in [5.41, 5.74) is 0. The summed E-state index contributed by atoms with van der Waals surface area (Å²) in [7, 11) is 0. The van der Waals surface area contributed by atoms with Crippen LogP contribution >= 0.6 is 0 Å². The van der Waals surface area contributed by atoms with Crippen LogP contribution in [0.25, 0.3) is 0 Å². The Labute approximate surface area is 129 Å². The van der Waals surface area contributed by atoms with Crippen molar-refractivity contribution in [2.75, 3.05) is 19.8 Å². The number of ether oxygens (including phenoxy) is 3. The molecule has 0 bridgehead atoms. The second-order valence-electron chi connectivity index (χ2n) is 5.12. The van der Waals surface area contributed by atoms with Gasteiger partial charge in [0.05, 0.1) is 25.9 Å². The fraction of sp³-hybridized carbons (Fsp3) is 0.667. The fourth-order valence-electron chi connectivity index (χ4n) is 1.72. The number of hydrogen-bond donors (Lipinski definition) is 0. The SMILES string of the molecule is CCCCOc1[c]c(OCCCC)c(OCCCC)cc1. The van der Waals surface area contributed by atoms with Crippen LogP contribution < -0.4 is 14.2 Å². The van der Waals surface area contributed by atoms with Gasteiger partial charge in [-0.15, -0.1) is 0 Å². The van der Waals surface area contributed by atoms with Gasteiger partial charge in [-0.05, 0) is 31.4 Å². The summed E-state index contributed by atoms with van der Waals surface area (Å²) in [6, 6.07) is 7.02. The molecule has 1 rings (SSSR count). The van der Waals surface area contributed by atoms with Gasteiger partial charge in [-0.3, -0.25) is 0 Å². The first kappa shape index (κ1) is 17.7. The molecule has 0 aromatic heterocycles. The van der Waals surface area contributed by atoms with Crippen molar-refractivity contribution in [3.05, 3.63) is 18.2 Å². The van der Waals surface area contributed by atoms with Crippen LogP contribution in [0.2, 0.25) is 0 Å². The third-order valence-corrected chi connectivity index (χ3v) is 3.10. The van der Waals surface area contributed by atoms with Gasteiger partial charge in [-0.25, -0.2) is 0 Å². The van der Waals surface area contributed by atoms with E-state index in [1.54, 1.807) is 0 Å². The summed E-state index contributed by atoms with van der Waals surface area (Å²) in [6.07, 6.45) is 6.48. The Bertz CT molecular complexity index is 377. The molecule has 0 aliphatic carbocycles. The van der Waals surface area contributed by atoms with Crippen LogP contribution in [-0.4, -0.2) is 19.8 Å². The van der Waals surface area contributed by atoms with Gasteiger partial charge in [0.2, 0.25) is 0 Å². The molecule has 21 heavy (non-hydrogen) atoms. The maximum atomic E-state index is 5.79. The highest BCUT2D eigenvalue weighted by atomic mass is 16.5. The van der Waals surface area contributed by atoms with Crippen molar-refractivity contribution >= 4 is 0 Å². The molecule has 1 radical (unpaired) electrons. The van der Waals surface area contributed by atoms with Gasteiger partial charge in [-0.2, -0.15) is 0 Å². The summed E-state index contributed by atoms with van der Waals surface area (Å²) >= 11 is 0. The number of unbranched alkanes of at least 4 members (excludes halogenated alkanes) is 3. The number of rotatable bonds is 12. The molecule has 0 atom stereocenters. The topological polar surface area (TPSA) is 27.7 Å². The van der Waals surface area contributed by atoms with Crippen molar-refractivity contribution in [1.29, 1.82) is 0 Å². The van der Waals surface area contributed by atoms with E-state index in [2.05, 4.69) is 26.8 Å². The zero-order chi connectivity index (χ0) is 15.3. The maximum Gasteiger partial charge on any atom is 0.172 e. The van der Waals surface area contributed by atoms with Crippen molar-refractivity contribution in [2.45, 2.75) is 59.3 Å². The van der Waals surface area contributed by atoms with E-state index >= 15 is 0 Å². The molecule has 0 amide bonds. The molecule has 1 aromatic rings.